The van der Waals surface area contributed by atoms with Crippen molar-refractivity contribution >= 4 is 23.4 Å². The van der Waals surface area contributed by atoms with Crippen LogP contribution in [0.5, 0.6) is 0 Å². The van der Waals surface area contributed by atoms with Crippen LogP contribution in [-0.4, -0.2) is 68.1 Å². The number of carbonyl (C=O) groups is 2. The quantitative estimate of drug-likeness (QED) is 0.248. The SMILES string of the molecule is CN(Cc1ccccc1)C(=O)C1(N[C@H](Cc2ccc(Cl)cc2)C(=O)N2CCC(Cn3cncn3)(C3CCCCC3)CC2)CCCCC1. The van der Waals surface area contributed by atoms with Gasteiger partial charge in [0.1, 0.15) is 12.7 Å². The number of likely N-dealkylation sites (N-methyl/N-ethyl adjacent to an activating group) is 1. The first kappa shape index (κ1) is 33.7. The molecule has 3 fully saturated rings. The number of nitrogens with zero attached hydrogens (tertiary/aromatic N) is 5. The van der Waals surface area contributed by atoms with Crippen LogP contribution in [0.1, 0.15) is 88.2 Å². The first-order valence-electron chi connectivity index (χ1n) is 17.8. The maximum absolute atomic E-state index is 14.7. The van der Waals surface area contributed by atoms with Crippen LogP contribution in [0.15, 0.2) is 67.3 Å². The third-order valence-corrected chi connectivity index (χ3v) is 11.6. The fourth-order valence-electron chi connectivity index (χ4n) is 8.70. The van der Waals surface area contributed by atoms with Crippen LogP contribution in [0.3, 0.4) is 0 Å². The predicted octanol–water partition coefficient (Wildman–Crippen LogP) is 6.68. The zero-order chi connectivity index (χ0) is 32.7. The van der Waals surface area contributed by atoms with E-state index in [1.165, 1.54) is 32.1 Å². The number of likely N-dealkylation sites (tertiary alicyclic amines) is 1. The Labute approximate surface area is 285 Å². The minimum atomic E-state index is -0.775. The molecule has 9 heteroatoms. The Kier molecular flexibility index (Phi) is 11.0. The van der Waals surface area contributed by atoms with Gasteiger partial charge in [0.2, 0.25) is 11.8 Å². The molecule has 252 valence electrons. The minimum absolute atomic E-state index is 0.0813. The van der Waals surface area contributed by atoms with Crippen molar-refractivity contribution in [3.63, 3.8) is 0 Å². The second kappa shape index (κ2) is 15.3. The first-order chi connectivity index (χ1) is 22.9. The molecule has 3 aliphatic rings. The zero-order valence-electron chi connectivity index (χ0n) is 28.0. The molecular weight excluding hydrogens is 608 g/mol. The lowest BCUT2D eigenvalue weighted by atomic mass is 9.63. The molecular formula is C38H51ClN6O2. The van der Waals surface area contributed by atoms with Crippen molar-refractivity contribution in [2.45, 2.75) is 108 Å². The van der Waals surface area contributed by atoms with E-state index in [2.05, 4.69) is 32.4 Å². The molecule has 8 nitrogen and oxygen atoms in total. The highest BCUT2D eigenvalue weighted by atomic mass is 35.5. The Balaban J connectivity index is 1.23. The van der Waals surface area contributed by atoms with Crippen molar-refractivity contribution < 1.29 is 9.59 Å². The molecule has 3 aromatic rings. The molecule has 0 unspecified atom stereocenters. The molecule has 1 N–H and O–H groups in total. The molecule has 2 aliphatic carbocycles. The average molecular weight is 659 g/mol. The van der Waals surface area contributed by atoms with E-state index >= 15 is 0 Å². The Hall–Kier alpha value is -3.23. The number of hydrogen-bond acceptors (Lipinski definition) is 5. The largest absolute Gasteiger partial charge is 0.341 e. The van der Waals surface area contributed by atoms with E-state index in [-0.39, 0.29) is 17.2 Å². The number of amides is 2. The second-order valence-corrected chi connectivity index (χ2v) is 14.9. The molecule has 2 saturated carbocycles. The van der Waals surface area contributed by atoms with Crippen LogP contribution >= 0.6 is 11.6 Å². The second-order valence-electron chi connectivity index (χ2n) is 14.4. The number of benzene rings is 2. The molecule has 2 amide bonds. The molecule has 0 radical (unpaired) electrons. The summed E-state index contributed by atoms with van der Waals surface area (Å²) in [7, 11) is 1.90. The van der Waals surface area contributed by atoms with Crippen LogP contribution in [-0.2, 0) is 29.1 Å². The van der Waals surface area contributed by atoms with Crippen molar-refractivity contribution in [2.24, 2.45) is 11.3 Å². The summed E-state index contributed by atoms with van der Waals surface area (Å²) in [5, 5.41) is 8.94. The van der Waals surface area contributed by atoms with Gasteiger partial charge in [-0.1, -0.05) is 92.6 Å². The van der Waals surface area contributed by atoms with Crippen molar-refractivity contribution in [2.75, 3.05) is 20.1 Å². The highest BCUT2D eigenvalue weighted by molar-refractivity contribution is 6.30. The van der Waals surface area contributed by atoms with E-state index in [9.17, 15) is 9.59 Å². The summed E-state index contributed by atoms with van der Waals surface area (Å²) in [5.41, 5.74) is 1.48. The molecule has 1 saturated heterocycles. The third kappa shape index (κ3) is 8.09. The third-order valence-electron chi connectivity index (χ3n) is 11.3. The van der Waals surface area contributed by atoms with Crippen molar-refractivity contribution in [3.8, 4) is 0 Å². The highest BCUT2D eigenvalue weighted by Gasteiger charge is 2.47. The van der Waals surface area contributed by atoms with Gasteiger partial charge in [-0.2, -0.15) is 5.10 Å². The van der Waals surface area contributed by atoms with Gasteiger partial charge in [0, 0.05) is 38.2 Å². The van der Waals surface area contributed by atoms with E-state index in [1.807, 2.05) is 65.4 Å². The molecule has 0 bridgehead atoms. The smallest absolute Gasteiger partial charge is 0.242 e. The maximum atomic E-state index is 14.7. The number of aromatic nitrogens is 3. The van der Waals surface area contributed by atoms with Crippen molar-refractivity contribution in [1.29, 1.82) is 0 Å². The average Bonchev–Trinajstić information content (AvgIpc) is 3.63. The van der Waals surface area contributed by atoms with Gasteiger partial charge in [0.05, 0.1) is 11.6 Å². The molecule has 2 aromatic carbocycles. The van der Waals surface area contributed by atoms with E-state index in [0.29, 0.717) is 23.9 Å². The summed E-state index contributed by atoms with van der Waals surface area (Å²) in [6.45, 7) is 2.84. The number of rotatable bonds is 11. The van der Waals surface area contributed by atoms with E-state index in [1.54, 1.807) is 6.33 Å². The topological polar surface area (TPSA) is 83.4 Å². The van der Waals surface area contributed by atoms with Gasteiger partial charge in [-0.25, -0.2) is 4.98 Å². The van der Waals surface area contributed by atoms with Gasteiger partial charge >= 0.3 is 0 Å². The van der Waals surface area contributed by atoms with Crippen LogP contribution in [0.25, 0.3) is 0 Å². The lowest BCUT2D eigenvalue weighted by Crippen LogP contribution is -2.64. The Morgan fingerprint density at radius 1 is 0.915 bits per heavy atom. The summed E-state index contributed by atoms with van der Waals surface area (Å²) in [4.78, 5) is 37.2. The highest BCUT2D eigenvalue weighted by Crippen LogP contribution is 2.47. The van der Waals surface area contributed by atoms with E-state index < -0.39 is 11.6 Å². The monoisotopic (exact) mass is 658 g/mol. The van der Waals surface area contributed by atoms with Gasteiger partial charge < -0.3 is 9.80 Å². The van der Waals surface area contributed by atoms with Gasteiger partial charge in [0.25, 0.3) is 0 Å². The molecule has 0 spiro atoms. The number of carbonyl (C=O) groups excluding carboxylic acids is 2. The van der Waals surface area contributed by atoms with Crippen molar-refractivity contribution in [1.82, 2.24) is 29.9 Å². The Bertz CT molecular complexity index is 1430. The number of piperidine rings is 1. The van der Waals surface area contributed by atoms with Crippen molar-refractivity contribution in [3.05, 3.63) is 83.4 Å². The van der Waals surface area contributed by atoms with Crippen LogP contribution < -0.4 is 5.32 Å². The number of halogens is 1. The summed E-state index contributed by atoms with van der Waals surface area (Å²) in [6.07, 6.45) is 16.8. The van der Waals surface area contributed by atoms with Gasteiger partial charge in [-0.05, 0) is 79.5 Å². The minimum Gasteiger partial charge on any atom is -0.341 e. The summed E-state index contributed by atoms with van der Waals surface area (Å²) < 4.78 is 2.00. The summed E-state index contributed by atoms with van der Waals surface area (Å²) >= 11 is 6.24. The molecule has 1 aromatic heterocycles. The number of hydrogen-bond donors (Lipinski definition) is 1. The van der Waals surface area contributed by atoms with Crippen LogP contribution in [0, 0.1) is 11.3 Å². The summed E-state index contributed by atoms with van der Waals surface area (Å²) in [5.74, 6) is 0.822. The zero-order valence-corrected chi connectivity index (χ0v) is 28.7. The lowest BCUT2D eigenvalue weighted by Gasteiger charge is -2.49. The number of nitrogens with one attached hydrogen (secondary N) is 1. The van der Waals surface area contributed by atoms with E-state index in [4.69, 9.17) is 11.6 Å². The first-order valence-corrected chi connectivity index (χ1v) is 18.2. The normalized spacial score (nSPS) is 20.4. The van der Waals surface area contributed by atoms with Crippen LogP contribution in [0.2, 0.25) is 5.02 Å². The molecule has 1 atom stereocenters. The predicted molar refractivity (Wildman–Crippen MR) is 186 cm³/mol. The lowest BCUT2D eigenvalue weighted by molar-refractivity contribution is -0.143. The standard InChI is InChI=1S/C38H51ClN6O2/c1-43(26-31-11-5-2-6-12-31)36(47)38(19-9-4-10-20-38)42-34(25-30-15-17-33(39)18-16-30)35(46)44-23-21-37(22-24-44,27-45-29-40-28-41-45)32-13-7-3-8-14-32/h2,5-6,11-12,15-18,28-29,32,34,42H,3-4,7-10,13-14,19-27H2,1H3/t34-/m1/s1. The van der Waals surface area contributed by atoms with Gasteiger partial charge in [-0.3, -0.25) is 19.6 Å². The molecule has 2 heterocycles. The molecule has 1 aliphatic heterocycles. The Morgan fingerprint density at radius 2 is 1.60 bits per heavy atom. The fourth-order valence-corrected chi connectivity index (χ4v) is 8.83. The molecule has 47 heavy (non-hydrogen) atoms. The summed E-state index contributed by atoms with van der Waals surface area (Å²) in [6, 6.07) is 17.4. The van der Waals surface area contributed by atoms with Gasteiger partial charge in [-0.15, -0.1) is 0 Å². The fraction of sp³-hybridized carbons (Fsp3) is 0.579. The van der Waals surface area contributed by atoms with Gasteiger partial charge in [0.15, 0.2) is 0 Å². The maximum Gasteiger partial charge on any atom is 0.242 e. The van der Waals surface area contributed by atoms with Crippen LogP contribution in [0.4, 0.5) is 0 Å². The molecule has 6 rings (SSSR count). The van der Waals surface area contributed by atoms with E-state index in [0.717, 1.165) is 75.7 Å². The Morgan fingerprint density at radius 3 is 2.26 bits per heavy atom.